The molecular formula is C12H28O3Si. The Hall–Kier alpha value is 0.0969. The van der Waals surface area contributed by atoms with Crippen LogP contribution in [0.3, 0.4) is 0 Å². The van der Waals surface area contributed by atoms with Gasteiger partial charge >= 0.3 is 0 Å². The van der Waals surface area contributed by atoms with Gasteiger partial charge in [0.15, 0.2) is 8.32 Å². The Morgan fingerprint density at radius 3 is 2.06 bits per heavy atom. The van der Waals surface area contributed by atoms with E-state index in [1.165, 1.54) is 0 Å². The molecule has 0 aromatic carbocycles. The van der Waals surface area contributed by atoms with Crippen molar-refractivity contribution in [2.45, 2.75) is 51.7 Å². The molecule has 4 heteroatoms. The quantitative estimate of drug-likeness (QED) is 0.530. The first-order valence-electron chi connectivity index (χ1n) is 6.14. The minimum atomic E-state index is -1.56. The molecule has 0 aliphatic heterocycles. The molecule has 0 radical (unpaired) electrons. The lowest BCUT2D eigenvalue weighted by Gasteiger charge is -2.36. The first-order valence-corrected chi connectivity index (χ1v) is 9.04. The summed E-state index contributed by atoms with van der Waals surface area (Å²) in [4.78, 5) is 0. The summed E-state index contributed by atoms with van der Waals surface area (Å²) in [5.41, 5.74) is 0. The predicted octanol–water partition coefficient (Wildman–Crippen LogP) is 2.80. The maximum atomic E-state index is 8.52. The van der Waals surface area contributed by atoms with Crippen LogP contribution < -0.4 is 0 Å². The van der Waals surface area contributed by atoms with Crippen molar-refractivity contribution in [1.29, 1.82) is 0 Å². The number of hydrogen-bond donors (Lipinski definition) is 1. The van der Waals surface area contributed by atoms with E-state index in [9.17, 15) is 0 Å². The van der Waals surface area contributed by atoms with E-state index in [-0.39, 0.29) is 6.61 Å². The van der Waals surface area contributed by atoms with E-state index in [2.05, 4.69) is 33.9 Å². The highest BCUT2D eigenvalue weighted by Crippen LogP contribution is 2.36. The molecule has 0 saturated carbocycles. The number of hydrogen-bond acceptors (Lipinski definition) is 3. The summed E-state index contributed by atoms with van der Waals surface area (Å²) in [5, 5.41) is 8.81. The average molecular weight is 248 g/mol. The first kappa shape index (κ1) is 16.1. The van der Waals surface area contributed by atoms with Crippen molar-refractivity contribution in [2.75, 3.05) is 26.4 Å². The lowest BCUT2D eigenvalue weighted by atomic mass is 10.2. The molecule has 0 spiro atoms. The molecule has 0 rings (SSSR count). The maximum Gasteiger partial charge on any atom is 0.191 e. The highest BCUT2D eigenvalue weighted by molar-refractivity contribution is 6.74. The van der Waals surface area contributed by atoms with E-state index in [4.69, 9.17) is 14.3 Å². The predicted molar refractivity (Wildman–Crippen MR) is 70.3 cm³/mol. The molecule has 0 aliphatic rings. The summed E-state index contributed by atoms with van der Waals surface area (Å²) in [6.45, 7) is 13.4. The Kier molecular flexibility index (Phi) is 7.47. The Morgan fingerprint density at radius 2 is 1.56 bits per heavy atom. The Balaban J connectivity index is 3.51. The number of ether oxygens (including phenoxy) is 1. The van der Waals surface area contributed by atoms with E-state index in [0.29, 0.717) is 11.6 Å². The minimum absolute atomic E-state index is 0.112. The summed E-state index contributed by atoms with van der Waals surface area (Å²) >= 11 is 0. The van der Waals surface area contributed by atoms with Gasteiger partial charge in [-0.25, -0.2) is 0 Å². The molecule has 0 fully saturated rings. The summed E-state index contributed by atoms with van der Waals surface area (Å²) in [7, 11) is -1.56. The van der Waals surface area contributed by atoms with Gasteiger partial charge in [0.05, 0.1) is 13.2 Å². The normalized spacial score (nSPS) is 13.1. The van der Waals surface area contributed by atoms with Crippen LogP contribution in [0, 0.1) is 0 Å². The second-order valence-electron chi connectivity index (χ2n) is 5.65. The molecule has 0 aliphatic carbocycles. The van der Waals surface area contributed by atoms with E-state index in [1.807, 2.05) is 0 Å². The molecule has 0 amide bonds. The van der Waals surface area contributed by atoms with Crippen LogP contribution in [-0.2, 0) is 9.16 Å². The summed E-state index contributed by atoms with van der Waals surface area (Å²) in [6, 6.07) is 0. The molecule has 0 aromatic rings. The zero-order chi connectivity index (χ0) is 12.7. The lowest BCUT2D eigenvalue weighted by molar-refractivity contribution is 0.0874. The van der Waals surface area contributed by atoms with Gasteiger partial charge in [0.1, 0.15) is 0 Å². The molecule has 0 bridgehead atoms. The van der Waals surface area contributed by atoms with Crippen LogP contribution in [0.1, 0.15) is 33.6 Å². The second kappa shape index (κ2) is 7.43. The van der Waals surface area contributed by atoms with Crippen LogP contribution in [0.2, 0.25) is 18.1 Å². The minimum Gasteiger partial charge on any atom is -0.417 e. The van der Waals surface area contributed by atoms with E-state index >= 15 is 0 Å². The van der Waals surface area contributed by atoms with Gasteiger partial charge in [0.2, 0.25) is 0 Å². The number of rotatable bonds is 8. The van der Waals surface area contributed by atoms with Gasteiger partial charge in [-0.15, -0.1) is 0 Å². The van der Waals surface area contributed by atoms with Crippen LogP contribution in [-0.4, -0.2) is 39.9 Å². The third kappa shape index (κ3) is 6.63. The smallest absolute Gasteiger partial charge is 0.191 e. The van der Waals surface area contributed by atoms with Crippen molar-refractivity contribution in [3.63, 3.8) is 0 Å². The summed E-state index contributed by atoms with van der Waals surface area (Å²) < 4.78 is 11.2. The van der Waals surface area contributed by atoms with Crippen molar-refractivity contribution in [3.8, 4) is 0 Å². The molecule has 3 nitrogen and oxygen atoms in total. The summed E-state index contributed by atoms with van der Waals surface area (Å²) in [5.74, 6) is 0. The molecule has 16 heavy (non-hydrogen) atoms. The number of unbranched alkanes of at least 4 members (excludes halogenated alkanes) is 1. The molecule has 98 valence electrons. The van der Waals surface area contributed by atoms with E-state index in [0.717, 1.165) is 26.1 Å². The lowest BCUT2D eigenvalue weighted by Crippen LogP contribution is -2.40. The average Bonchev–Trinajstić information content (AvgIpc) is 2.14. The number of aliphatic hydroxyl groups is 1. The summed E-state index contributed by atoms with van der Waals surface area (Å²) in [6.07, 6.45) is 2.05. The topological polar surface area (TPSA) is 38.7 Å². The maximum absolute atomic E-state index is 8.52. The zero-order valence-corrected chi connectivity index (χ0v) is 12.5. The van der Waals surface area contributed by atoms with Crippen LogP contribution in [0.5, 0.6) is 0 Å². The van der Waals surface area contributed by atoms with Gasteiger partial charge in [-0.2, -0.15) is 0 Å². The molecule has 0 heterocycles. The fraction of sp³-hybridized carbons (Fsp3) is 1.00. The molecule has 0 unspecified atom stereocenters. The third-order valence-corrected chi connectivity index (χ3v) is 7.73. The van der Waals surface area contributed by atoms with E-state index in [1.54, 1.807) is 0 Å². The largest absolute Gasteiger partial charge is 0.417 e. The van der Waals surface area contributed by atoms with Crippen molar-refractivity contribution < 1.29 is 14.3 Å². The Bertz CT molecular complexity index is 176. The highest BCUT2D eigenvalue weighted by Gasteiger charge is 2.36. The number of aliphatic hydroxyl groups excluding tert-OH is 1. The molecule has 0 aromatic heterocycles. The van der Waals surface area contributed by atoms with Gasteiger partial charge < -0.3 is 14.3 Å². The highest BCUT2D eigenvalue weighted by atomic mass is 28.4. The standard InChI is InChI=1S/C12H28O3Si/c1-12(2,3)16(4,5)15-10-7-6-9-14-11-8-13/h13H,6-11H2,1-5H3. The van der Waals surface area contributed by atoms with Gasteiger partial charge in [0, 0.05) is 13.2 Å². The van der Waals surface area contributed by atoms with E-state index < -0.39 is 8.32 Å². The second-order valence-corrected chi connectivity index (χ2v) is 10.5. The van der Waals surface area contributed by atoms with Crippen LogP contribution in [0.15, 0.2) is 0 Å². The SMILES string of the molecule is CC(C)(C)[Si](C)(C)OCCCCOCCO. The van der Waals surface area contributed by atoms with Gasteiger partial charge in [0.25, 0.3) is 0 Å². The van der Waals surface area contributed by atoms with Crippen LogP contribution in [0.25, 0.3) is 0 Å². The third-order valence-electron chi connectivity index (χ3n) is 3.19. The fourth-order valence-electron chi connectivity index (χ4n) is 1.02. The van der Waals surface area contributed by atoms with Gasteiger partial charge in [-0.3, -0.25) is 0 Å². The van der Waals surface area contributed by atoms with Crippen molar-refractivity contribution in [2.24, 2.45) is 0 Å². The van der Waals surface area contributed by atoms with Crippen molar-refractivity contribution >= 4 is 8.32 Å². The molecular weight excluding hydrogens is 220 g/mol. The first-order chi connectivity index (χ1) is 7.31. The van der Waals surface area contributed by atoms with Crippen molar-refractivity contribution in [1.82, 2.24) is 0 Å². The van der Waals surface area contributed by atoms with Gasteiger partial charge in [-0.1, -0.05) is 20.8 Å². The molecule has 0 atom stereocenters. The molecule has 0 saturated heterocycles. The molecule has 1 N–H and O–H groups in total. The van der Waals surface area contributed by atoms with Gasteiger partial charge in [-0.05, 0) is 31.0 Å². The zero-order valence-electron chi connectivity index (χ0n) is 11.5. The Labute approximate surface area is 101 Å². The van der Waals surface area contributed by atoms with Crippen LogP contribution >= 0.6 is 0 Å². The van der Waals surface area contributed by atoms with Crippen LogP contribution in [0.4, 0.5) is 0 Å². The Morgan fingerprint density at radius 1 is 1.00 bits per heavy atom. The monoisotopic (exact) mass is 248 g/mol. The fourth-order valence-corrected chi connectivity index (χ4v) is 2.10. The van der Waals surface area contributed by atoms with Crippen molar-refractivity contribution in [3.05, 3.63) is 0 Å².